The van der Waals surface area contributed by atoms with E-state index in [1.54, 1.807) is 18.2 Å². The minimum atomic E-state index is -0.430. The van der Waals surface area contributed by atoms with Crippen molar-refractivity contribution in [3.8, 4) is 0 Å². The van der Waals surface area contributed by atoms with Crippen molar-refractivity contribution in [3.63, 3.8) is 0 Å². The average molecular weight is 415 g/mol. The second kappa shape index (κ2) is 8.79. The third-order valence-corrected chi connectivity index (χ3v) is 6.88. The Morgan fingerprint density at radius 3 is 2.77 bits per heavy atom. The van der Waals surface area contributed by atoms with Gasteiger partial charge in [0.05, 0.1) is 0 Å². The summed E-state index contributed by atoms with van der Waals surface area (Å²) in [5, 5.41) is 10.8. The van der Waals surface area contributed by atoms with Gasteiger partial charge in [0, 0.05) is 0 Å². The summed E-state index contributed by atoms with van der Waals surface area (Å²) in [5.41, 5.74) is 0.692. The molecule has 1 amide bonds. The molecule has 1 saturated heterocycles. The second-order valence-electron chi connectivity index (χ2n) is 6.16. The van der Waals surface area contributed by atoms with Gasteiger partial charge in [-0.05, 0) is 0 Å². The number of nitro benzene ring substituents is 1. The first-order valence-corrected chi connectivity index (χ1v) is 10.4. The molecule has 0 spiro atoms. The topological polar surface area (TPSA) is 63.4 Å². The van der Waals surface area contributed by atoms with E-state index in [9.17, 15) is 14.9 Å². The first-order valence-electron chi connectivity index (χ1n) is 8.55. The number of carbonyl (C=O) groups is 1. The molecule has 2 aromatic rings. The predicted molar refractivity (Wildman–Crippen MR) is 104 cm³/mol. The fraction of sp³-hybridized carbons (Fsp3) is 0.250. The zero-order valence-electron chi connectivity index (χ0n) is 14.3. The van der Waals surface area contributed by atoms with Crippen molar-refractivity contribution >= 4 is 37.1 Å². The summed E-state index contributed by atoms with van der Waals surface area (Å²) in [7, 11) is 0. The molecular weight excluding hydrogens is 395 g/mol. The molecule has 26 heavy (non-hydrogen) atoms. The molecule has 1 unspecified atom stereocenters. The third-order valence-electron chi connectivity index (χ3n) is 4.24. The summed E-state index contributed by atoms with van der Waals surface area (Å²) in [6.07, 6.45) is 5.36. The number of hydrogen-bond donors (Lipinski definition) is 0. The molecule has 0 aliphatic carbocycles. The molecule has 5 nitrogen and oxygen atoms in total. The van der Waals surface area contributed by atoms with E-state index in [-0.39, 0.29) is 11.6 Å². The first-order chi connectivity index (χ1) is 12.6. The van der Waals surface area contributed by atoms with Crippen LogP contribution < -0.4 is 4.46 Å². The fourth-order valence-corrected chi connectivity index (χ4v) is 5.54. The normalized spacial score (nSPS) is 17.4. The summed E-state index contributed by atoms with van der Waals surface area (Å²) >= 11 is 0.365. The monoisotopic (exact) mass is 416 g/mol. The van der Waals surface area contributed by atoms with E-state index in [0.717, 1.165) is 25.9 Å². The second-order valence-corrected chi connectivity index (χ2v) is 9.05. The van der Waals surface area contributed by atoms with Crippen molar-refractivity contribution in [1.29, 1.82) is 0 Å². The van der Waals surface area contributed by atoms with Crippen LogP contribution in [-0.2, 0) is 4.79 Å². The molecule has 0 aromatic heterocycles. The zero-order valence-corrected chi connectivity index (χ0v) is 16.0. The van der Waals surface area contributed by atoms with E-state index in [2.05, 4.69) is 24.3 Å². The van der Waals surface area contributed by atoms with Crippen LogP contribution in [0.15, 0.2) is 60.7 Å². The third kappa shape index (κ3) is 5.04. The van der Waals surface area contributed by atoms with Gasteiger partial charge < -0.3 is 0 Å². The molecule has 6 heteroatoms. The Balaban J connectivity index is 1.60. The molecule has 2 aromatic carbocycles. The van der Waals surface area contributed by atoms with Crippen molar-refractivity contribution < 1.29 is 9.72 Å². The van der Waals surface area contributed by atoms with Crippen molar-refractivity contribution in [2.24, 2.45) is 0 Å². The zero-order chi connectivity index (χ0) is 18.4. The summed E-state index contributed by atoms with van der Waals surface area (Å²) in [6, 6.07) is 16.8. The molecule has 0 bridgehead atoms. The molecule has 0 N–H and O–H groups in total. The number of hydrogen-bond acceptors (Lipinski definition) is 3. The van der Waals surface area contributed by atoms with Crippen LogP contribution in [0.2, 0.25) is 4.82 Å². The molecule has 0 saturated carbocycles. The standard InChI is InChI=1S/C20H20N2O3Se/c23-20(12-11-16-6-4-7-17(14-16)22(24)25)21-13-5-10-19(15-21)26-18-8-2-1-3-9-18/h1-4,6-9,11-12,14,19H,5,10,13,15H2. The number of likely N-dealkylation sites (tertiary alicyclic amines) is 1. The van der Waals surface area contributed by atoms with Gasteiger partial charge in [-0.25, -0.2) is 0 Å². The number of amides is 1. The summed E-state index contributed by atoms with van der Waals surface area (Å²) in [6.45, 7) is 1.56. The van der Waals surface area contributed by atoms with Crippen LogP contribution in [0.5, 0.6) is 0 Å². The Kier molecular flexibility index (Phi) is 6.21. The van der Waals surface area contributed by atoms with Crippen LogP contribution >= 0.6 is 0 Å². The number of nitrogens with zero attached hydrogens (tertiary/aromatic N) is 2. The van der Waals surface area contributed by atoms with Crippen LogP contribution in [0.1, 0.15) is 18.4 Å². The predicted octanol–water partition coefficient (Wildman–Crippen LogP) is 3.05. The van der Waals surface area contributed by atoms with E-state index in [1.165, 1.54) is 22.7 Å². The Bertz CT molecular complexity index is 808. The number of non-ortho nitro benzene ring substituents is 1. The molecule has 3 rings (SSSR count). The van der Waals surface area contributed by atoms with Crippen LogP contribution in [0.4, 0.5) is 5.69 Å². The summed E-state index contributed by atoms with van der Waals surface area (Å²) < 4.78 is 1.37. The van der Waals surface area contributed by atoms with Gasteiger partial charge in [0.1, 0.15) is 0 Å². The van der Waals surface area contributed by atoms with Gasteiger partial charge >= 0.3 is 159 Å². The van der Waals surface area contributed by atoms with Gasteiger partial charge in [-0.15, -0.1) is 0 Å². The van der Waals surface area contributed by atoms with Crippen molar-refractivity contribution in [2.75, 3.05) is 13.1 Å². The Morgan fingerprint density at radius 2 is 2.00 bits per heavy atom. The number of nitro groups is 1. The number of piperidine rings is 1. The number of carbonyl (C=O) groups excluding carboxylic acids is 1. The van der Waals surface area contributed by atoms with Crippen molar-refractivity contribution in [1.82, 2.24) is 4.90 Å². The minimum absolute atomic E-state index is 0.0231. The number of benzene rings is 2. The van der Waals surface area contributed by atoms with Gasteiger partial charge in [-0.3, -0.25) is 0 Å². The van der Waals surface area contributed by atoms with Gasteiger partial charge in [-0.1, -0.05) is 0 Å². The molecule has 1 aliphatic rings. The van der Waals surface area contributed by atoms with E-state index in [4.69, 9.17) is 0 Å². The molecular formula is C20H20N2O3Se. The van der Waals surface area contributed by atoms with Crippen molar-refractivity contribution in [3.05, 3.63) is 76.4 Å². The van der Waals surface area contributed by atoms with E-state index < -0.39 is 4.92 Å². The van der Waals surface area contributed by atoms with Gasteiger partial charge in [0.2, 0.25) is 0 Å². The molecule has 1 fully saturated rings. The van der Waals surface area contributed by atoms with Gasteiger partial charge in [0.25, 0.3) is 0 Å². The fourth-order valence-electron chi connectivity index (χ4n) is 2.94. The van der Waals surface area contributed by atoms with Crippen LogP contribution in [-0.4, -0.2) is 43.8 Å². The van der Waals surface area contributed by atoms with E-state index in [0.29, 0.717) is 25.3 Å². The molecule has 0 radical (unpaired) electrons. The first kappa shape index (κ1) is 18.4. The molecule has 134 valence electrons. The molecule has 1 atom stereocenters. The Labute approximate surface area is 159 Å². The van der Waals surface area contributed by atoms with Crippen LogP contribution in [0.25, 0.3) is 6.08 Å². The average Bonchev–Trinajstić information content (AvgIpc) is 2.67. The van der Waals surface area contributed by atoms with Gasteiger partial charge in [0.15, 0.2) is 0 Å². The van der Waals surface area contributed by atoms with E-state index >= 15 is 0 Å². The SMILES string of the molecule is O=C(C=Cc1cccc([N+](=O)[O-])c1)N1CCCC([Se]c2ccccc2)C1. The van der Waals surface area contributed by atoms with E-state index in [1.807, 2.05) is 11.0 Å². The molecule has 1 heterocycles. The quantitative estimate of drug-likeness (QED) is 0.326. The van der Waals surface area contributed by atoms with Gasteiger partial charge in [-0.2, -0.15) is 0 Å². The molecule has 1 aliphatic heterocycles. The van der Waals surface area contributed by atoms with Crippen molar-refractivity contribution in [2.45, 2.75) is 17.7 Å². The van der Waals surface area contributed by atoms with Crippen LogP contribution in [0.3, 0.4) is 0 Å². The Morgan fingerprint density at radius 1 is 1.19 bits per heavy atom. The Hall–Kier alpha value is -2.43. The van der Waals surface area contributed by atoms with Crippen LogP contribution in [0, 0.1) is 10.1 Å². The maximum atomic E-state index is 12.5. The summed E-state index contributed by atoms with van der Waals surface area (Å²) in [4.78, 5) is 25.3. The number of rotatable bonds is 5. The maximum absolute atomic E-state index is 12.5. The summed E-state index contributed by atoms with van der Waals surface area (Å²) in [5.74, 6) is -0.0231.